The molecule has 1 N–H and O–H groups in total. The number of aryl methyl sites for hydroxylation is 2. The van der Waals surface area contributed by atoms with Crippen molar-refractivity contribution in [2.45, 2.75) is 13.0 Å². The van der Waals surface area contributed by atoms with E-state index < -0.39 is 0 Å². The van der Waals surface area contributed by atoms with E-state index in [0.29, 0.717) is 18.0 Å². The first-order valence-electron chi connectivity index (χ1n) is 5.15. The molecule has 0 unspecified atom stereocenters. The minimum absolute atomic E-state index is 0.232. The molecule has 2 aromatic rings. The molecule has 1 aromatic heterocycles. The molecule has 0 fully saturated rings. The van der Waals surface area contributed by atoms with Crippen molar-refractivity contribution in [3.05, 3.63) is 57.7 Å². The van der Waals surface area contributed by atoms with Crippen LogP contribution in [-0.2, 0) is 13.0 Å². The summed E-state index contributed by atoms with van der Waals surface area (Å²) < 4.78 is 1.43. The molecule has 2 rings (SSSR count). The molecule has 88 valence electrons. The van der Waals surface area contributed by atoms with Gasteiger partial charge in [0.15, 0.2) is 0 Å². The molecule has 0 saturated heterocycles. The van der Waals surface area contributed by atoms with E-state index in [2.05, 4.69) is 4.98 Å². The Kier molecular flexibility index (Phi) is 3.44. The van der Waals surface area contributed by atoms with Crippen LogP contribution in [0.15, 0.2) is 41.5 Å². The van der Waals surface area contributed by atoms with E-state index in [1.165, 1.54) is 17.0 Å². The maximum atomic E-state index is 11.4. The molecule has 1 heterocycles. The van der Waals surface area contributed by atoms with Crippen molar-refractivity contribution < 1.29 is 5.11 Å². The van der Waals surface area contributed by atoms with Gasteiger partial charge in [0.2, 0.25) is 0 Å². The van der Waals surface area contributed by atoms with Gasteiger partial charge in [-0.3, -0.25) is 4.57 Å². The zero-order chi connectivity index (χ0) is 12.3. The van der Waals surface area contributed by atoms with Crippen molar-refractivity contribution in [1.29, 1.82) is 0 Å². The van der Waals surface area contributed by atoms with Crippen molar-refractivity contribution in [1.82, 2.24) is 9.55 Å². The van der Waals surface area contributed by atoms with Gasteiger partial charge in [0.05, 0.1) is 11.2 Å². The summed E-state index contributed by atoms with van der Waals surface area (Å²) in [7, 11) is 0. The van der Waals surface area contributed by atoms with E-state index in [0.717, 1.165) is 5.56 Å². The third-order valence-electron chi connectivity index (χ3n) is 2.44. The third-order valence-corrected chi connectivity index (χ3v) is 2.63. The number of phenolic OH excluding ortho intramolecular Hbond substituents is 1. The lowest BCUT2D eigenvalue weighted by Gasteiger charge is -2.06. The van der Waals surface area contributed by atoms with E-state index >= 15 is 0 Å². The largest absolute Gasteiger partial charge is 0.508 e. The van der Waals surface area contributed by atoms with Gasteiger partial charge in [0.25, 0.3) is 0 Å². The first-order chi connectivity index (χ1) is 8.16. The van der Waals surface area contributed by atoms with Gasteiger partial charge in [0.1, 0.15) is 5.75 Å². The highest BCUT2D eigenvalue weighted by Crippen LogP contribution is 2.16. The van der Waals surface area contributed by atoms with Crippen molar-refractivity contribution in [3.8, 4) is 5.75 Å². The number of nitrogens with zero attached hydrogens (tertiary/aromatic N) is 2. The predicted molar refractivity (Wildman–Crippen MR) is 65.3 cm³/mol. The lowest BCUT2D eigenvalue weighted by molar-refractivity contribution is 0.465. The van der Waals surface area contributed by atoms with Gasteiger partial charge in [-0.25, -0.2) is 9.78 Å². The molecule has 4 nitrogen and oxygen atoms in total. The Bertz CT molecular complexity index is 581. The average Bonchev–Trinajstić information content (AvgIpc) is 2.32. The molecule has 0 amide bonds. The Morgan fingerprint density at radius 2 is 2.12 bits per heavy atom. The Morgan fingerprint density at radius 1 is 1.35 bits per heavy atom. The van der Waals surface area contributed by atoms with Gasteiger partial charge < -0.3 is 5.11 Å². The number of para-hydroxylation sites is 1. The van der Waals surface area contributed by atoms with E-state index in [1.807, 2.05) is 12.1 Å². The Hall–Kier alpha value is -1.81. The first-order valence-corrected chi connectivity index (χ1v) is 5.53. The van der Waals surface area contributed by atoms with E-state index in [4.69, 9.17) is 11.6 Å². The molecule has 17 heavy (non-hydrogen) atoms. The van der Waals surface area contributed by atoms with Crippen LogP contribution in [0.5, 0.6) is 5.75 Å². The van der Waals surface area contributed by atoms with Crippen molar-refractivity contribution in [2.75, 3.05) is 0 Å². The molecular formula is C12H11ClN2O2. The molecule has 0 spiro atoms. The van der Waals surface area contributed by atoms with Crippen LogP contribution in [0.1, 0.15) is 5.56 Å². The van der Waals surface area contributed by atoms with Gasteiger partial charge in [0, 0.05) is 12.7 Å². The summed E-state index contributed by atoms with van der Waals surface area (Å²) in [5, 5.41) is 10.0. The molecule has 0 bridgehead atoms. The molecule has 1 aromatic carbocycles. The summed E-state index contributed by atoms with van der Waals surface area (Å²) in [4.78, 5) is 15.0. The summed E-state index contributed by atoms with van der Waals surface area (Å²) in [5.41, 5.74) is 0.448. The second-order valence-corrected chi connectivity index (χ2v) is 4.06. The average molecular weight is 251 g/mol. The Morgan fingerprint density at radius 3 is 2.88 bits per heavy atom. The Balaban J connectivity index is 2.15. The van der Waals surface area contributed by atoms with Crippen molar-refractivity contribution >= 4 is 11.6 Å². The smallest absolute Gasteiger partial charge is 0.347 e. The number of hydrogen-bond acceptors (Lipinski definition) is 3. The molecule has 0 aliphatic heterocycles. The van der Waals surface area contributed by atoms with Crippen LogP contribution in [0, 0.1) is 0 Å². The minimum atomic E-state index is -0.343. The second-order valence-electron chi connectivity index (χ2n) is 3.63. The van der Waals surface area contributed by atoms with E-state index in [1.54, 1.807) is 12.1 Å². The van der Waals surface area contributed by atoms with Crippen LogP contribution in [0.3, 0.4) is 0 Å². The van der Waals surface area contributed by atoms with Crippen LogP contribution in [0.25, 0.3) is 0 Å². The molecule has 5 heteroatoms. The zero-order valence-corrected chi connectivity index (χ0v) is 9.76. The minimum Gasteiger partial charge on any atom is -0.508 e. The fourth-order valence-corrected chi connectivity index (χ4v) is 1.72. The highest BCUT2D eigenvalue weighted by Gasteiger charge is 2.02. The maximum Gasteiger partial charge on any atom is 0.347 e. The second kappa shape index (κ2) is 5.01. The van der Waals surface area contributed by atoms with Gasteiger partial charge in [-0.15, -0.1) is 0 Å². The number of hydrogen-bond donors (Lipinski definition) is 1. The lowest BCUT2D eigenvalue weighted by Crippen LogP contribution is -2.22. The van der Waals surface area contributed by atoms with Gasteiger partial charge in [-0.1, -0.05) is 29.8 Å². The molecule has 0 saturated carbocycles. The molecular weight excluding hydrogens is 240 g/mol. The van der Waals surface area contributed by atoms with Gasteiger partial charge in [-0.2, -0.15) is 0 Å². The summed E-state index contributed by atoms with van der Waals surface area (Å²) in [6.45, 7) is 0.434. The van der Waals surface area contributed by atoms with Gasteiger partial charge in [-0.05, 0) is 18.1 Å². The topological polar surface area (TPSA) is 55.1 Å². The molecule has 0 atom stereocenters. The molecule has 0 radical (unpaired) electrons. The standard InChI is InChI=1S/C12H11ClN2O2/c13-10-7-14-12(17)15(8-10)6-5-9-3-1-2-4-11(9)16/h1-4,7-8,16H,5-6H2. The summed E-state index contributed by atoms with van der Waals surface area (Å²) in [6, 6.07) is 7.03. The third kappa shape index (κ3) is 2.85. The highest BCUT2D eigenvalue weighted by atomic mass is 35.5. The number of halogens is 1. The fraction of sp³-hybridized carbons (Fsp3) is 0.167. The summed E-state index contributed by atoms with van der Waals surface area (Å²) in [5.74, 6) is 0.232. The lowest BCUT2D eigenvalue weighted by atomic mass is 10.1. The quantitative estimate of drug-likeness (QED) is 0.905. The number of rotatable bonds is 3. The predicted octanol–water partition coefficient (Wildman–Crippen LogP) is 1.85. The highest BCUT2D eigenvalue weighted by molar-refractivity contribution is 6.30. The number of aromatic nitrogens is 2. The SMILES string of the molecule is O=c1ncc(Cl)cn1CCc1ccccc1O. The van der Waals surface area contributed by atoms with E-state index in [9.17, 15) is 9.90 Å². The van der Waals surface area contributed by atoms with Crippen LogP contribution in [0.4, 0.5) is 0 Å². The normalized spacial score (nSPS) is 10.4. The van der Waals surface area contributed by atoms with Crippen LogP contribution in [-0.4, -0.2) is 14.7 Å². The van der Waals surface area contributed by atoms with E-state index in [-0.39, 0.29) is 11.4 Å². The molecule has 0 aliphatic rings. The van der Waals surface area contributed by atoms with Crippen LogP contribution in [0.2, 0.25) is 5.02 Å². The first kappa shape index (κ1) is 11.7. The number of benzene rings is 1. The molecule has 0 aliphatic carbocycles. The van der Waals surface area contributed by atoms with Crippen LogP contribution < -0.4 is 5.69 Å². The van der Waals surface area contributed by atoms with Gasteiger partial charge >= 0.3 is 5.69 Å². The summed E-state index contributed by atoms with van der Waals surface area (Å²) >= 11 is 5.76. The monoisotopic (exact) mass is 250 g/mol. The number of phenols is 1. The number of aromatic hydroxyl groups is 1. The summed E-state index contributed by atoms with van der Waals surface area (Å²) in [6.07, 6.45) is 3.41. The Labute approximate surface area is 103 Å². The van der Waals surface area contributed by atoms with Crippen LogP contribution >= 0.6 is 11.6 Å². The maximum absolute atomic E-state index is 11.4. The van der Waals surface area contributed by atoms with Crippen molar-refractivity contribution in [2.24, 2.45) is 0 Å². The fourth-order valence-electron chi connectivity index (χ4n) is 1.55. The zero-order valence-electron chi connectivity index (χ0n) is 9.01. The van der Waals surface area contributed by atoms with Crippen molar-refractivity contribution in [3.63, 3.8) is 0 Å².